The fraction of sp³-hybridized carbons (Fsp3) is 0.389. The number of rotatable bonds is 5. The number of hydrogen-bond donors (Lipinski definition) is 3. The molecule has 3 aromatic heterocycles. The van der Waals surface area contributed by atoms with Gasteiger partial charge < -0.3 is 20.5 Å². The van der Waals surface area contributed by atoms with E-state index in [9.17, 15) is 5.11 Å². The first-order chi connectivity index (χ1) is 12.7. The molecule has 0 amide bonds. The van der Waals surface area contributed by atoms with Crippen LogP contribution >= 0.6 is 0 Å². The van der Waals surface area contributed by atoms with E-state index in [0.717, 1.165) is 42.8 Å². The normalized spacial score (nSPS) is 20.1. The summed E-state index contributed by atoms with van der Waals surface area (Å²) < 4.78 is 6.86. The molecule has 0 bridgehead atoms. The first-order valence-electron chi connectivity index (χ1n) is 8.79. The number of nitrogens with one attached hydrogen (secondary N) is 2. The van der Waals surface area contributed by atoms with Crippen molar-refractivity contribution < 1.29 is 9.84 Å². The van der Waals surface area contributed by atoms with Crippen molar-refractivity contribution in [3.63, 3.8) is 0 Å². The molecule has 136 valence electrons. The summed E-state index contributed by atoms with van der Waals surface area (Å²) in [6.07, 6.45) is 5.09. The van der Waals surface area contributed by atoms with Crippen LogP contribution in [0.5, 0.6) is 5.88 Å². The number of pyridine rings is 2. The minimum atomic E-state index is -0.163. The van der Waals surface area contributed by atoms with Crippen molar-refractivity contribution in [3.05, 3.63) is 36.5 Å². The van der Waals surface area contributed by atoms with E-state index >= 15 is 0 Å². The molecule has 0 atom stereocenters. The van der Waals surface area contributed by atoms with Gasteiger partial charge in [0.25, 0.3) is 0 Å². The van der Waals surface area contributed by atoms with Crippen molar-refractivity contribution in [2.75, 3.05) is 17.7 Å². The van der Waals surface area contributed by atoms with Crippen molar-refractivity contribution in [1.82, 2.24) is 19.6 Å². The molecule has 1 aliphatic carbocycles. The predicted octanol–water partition coefficient (Wildman–Crippen LogP) is 2.59. The topological polar surface area (TPSA) is 96.6 Å². The summed E-state index contributed by atoms with van der Waals surface area (Å²) in [6.45, 7) is 0. The highest BCUT2D eigenvalue weighted by Gasteiger charge is 2.20. The molecular formula is C18H22N6O2. The van der Waals surface area contributed by atoms with Gasteiger partial charge in [0.15, 0.2) is 5.65 Å². The largest absolute Gasteiger partial charge is 0.481 e. The number of anilines is 3. The second-order valence-electron chi connectivity index (χ2n) is 6.48. The Kier molecular flexibility index (Phi) is 4.57. The molecule has 8 heteroatoms. The zero-order valence-electron chi connectivity index (χ0n) is 14.6. The molecule has 0 aliphatic heterocycles. The van der Waals surface area contributed by atoms with Crippen molar-refractivity contribution >= 4 is 23.1 Å². The maximum atomic E-state index is 9.66. The number of ether oxygens (including phenoxy) is 1. The number of nitrogens with zero attached hydrogens (tertiary/aromatic N) is 4. The van der Waals surface area contributed by atoms with Crippen LogP contribution in [0.15, 0.2) is 36.5 Å². The van der Waals surface area contributed by atoms with Gasteiger partial charge in [0.1, 0.15) is 5.82 Å². The number of aromatic nitrogens is 4. The molecule has 0 aromatic carbocycles. The van der Waals surface area contributed by atoms with Gasteiger partial charge in [-0.05, 0) is 43.9 Å². The van der Waals surface area contributed by atoms with Crippen molar-refractivity contribution in [2.45, 2.75) is 37.8 Å². The molecule has 3 aromatic rings. The number of aliphatic hydroxyl groups is 1. The van der Waals surface area contributed by atoms with Gasteiger partial charge in [-0.1, -0.05) is 6.07 Å². The Bertz CT molecular complexity index is 871. The van der Waals surface area contributed by atoms with E-state index in [0.29, 0.717) is 17.9 Å². The summed E-state index contributed by atoms with van der Waals surface area (Å²) >= 11 is 0. The van der Waals surface area contributed by atoms with Gasteiger partial charge in [-0.15, -0.1) is 5.10 Å². The molecule has 3 heterocycles. The van der Waals surface area contributed by atoms with Crippen LogP contribution in [0.25, 0.3) is 5.65 Å². The molecule has 8 nitrogen and oxygen atoms in total. The first kappa shape index (κ1) is 16.6. The Morgan fingerprint density at radius 1 is 1.15 bits per heavy atom. The van der Waals surface area contributed by atoms with Gasteiger partial charge in [0, 0.05) is 12.1 Å². The van der Waals surface area contributed by atoms with E-state index in [1.54, 1.807) is 23.9 Å². The molecule has 4 rings (SSSR count). The third kappa shape index (κ3) is 3.55. The fourth-order valence-corrected chi connectivity index (χ4v) is 3.20. The highest BCUT2D eigenvalue weighted by Crippen LogP contribution is 2.23. The van der Waals surface area contributed by atoms with Gasteiger partial charge in [-0.2, -0.15) is 9.50 Å². The minimum Gasteiger partial charge on any atom is -0.481 e. The van der Waals surface area contributed by atoms with Gasteiger partial charge in [-0.3, -0.25) is 0 Å². The maximum Gasteiger partial charge on any atom is 0.247 e. The average Bonchev–Trinajstić information content (AvgIpc) is 3.08. The summed E-state index contributed by atoms with van der Waals surface area (Å²) in [6, 6.07) is 9.86. The third-order valence-corrected chi connectivity index (χ3v) is 4.61. The highest BCUT2D eigenvalue weighted by molar-refractivity contribution is 5.57. The van der Waals surface area contributed by atoms with Crippen LogP contribution in [0.3, 0.4) is 0 Å². The molecule has 3 N–H and O–H groups in total. The zero-order chi connectivity index (χ0) is 17.9. The average molecular weight is 354 g/mol. The molecule has 26 heavy (non-hydrogen) atoms. The number of methoxy groups -OCH3 is 1. The lowest BCUT2D eigenvalue weighted by atomic mass is 9.93. The van der Waals surface area contributed by atoms with Crippen LogP contribution in [-0.2, 0) is 0 Å². The monoisotopic (exact) mass is 354 g/mol. The summed E-state index contributed by atoms with van der Waals surface area (Å²) in [5, 5.41) is 20.9. The predicted molar refractivity (Wildman–Crippen MR) is 98.9 cm³/mol. The van der Waals surface area contributed by atoms with E-state index in [2.05, 4.69) is 25.7 Å². The van der Waals surface area contributed by atoms with Gasteiger partial charge >= 0.3 is 0 Å². The van der Waals surface area contributed by atoms with Crippen LogP contribution in [-0.4, -0.2) is 43.9 Å². The number of aliphatic hydroxyl groups excluding tert-OH is 1. The van der Waals surface area contributed by atoms with Gasteiger partial charge in [0.05, 0.1) is 25.1 Å². The lowest BCUT2D eigenvalue weighted by Gasteiger charge is -2.26. The standard InChI is InChI=1S/C18H22N6O2/c1-26-17-10-7-13(11-19-17)21-18-22-16-4-2-3-15(24(16)23-18)20-12-5-8-14(25)9-6-12/h2-4,7,10-12,14,20,25H,5-6,8-9H2,1H3,(H,21,23). The second kappa shape index (κ2) is 7.17. The Morgan fingerprint density at radius 3 is 2.73 bits per heavy atom. The molecule has 1 fully saturated rings. The lowest BCUT2D eigenvalue weighted by Crippen LogP contribution is -2.29. The van der Waals surface area contributed by atoms with Crippen molar-refractivity contribution in [2.24, 2.45) is 0 Å². The molecule has 1 saturated carbocycles. The van der Waals surface area contributed by atoms with Crippen molar-refractivity contribution in [1.29, 1.82) is 0 Å². The molecule has 1 aliphatic rings. The number of fused-ring (bicyclic) bond motifs is 1. The highest BCUT2D eigenvalue weighted by atomic mass is 16.5. The maximum absolute atomic E-state index is 9.66. The molecule has 0 radical (unpaired) electrons. The Hall–Kier alpha value is -2.87. The van der Waals surface area contributed by atoms with E-state index in [4.69, 9.17) is 4.74 Å². The Labute approximate surface area is 151 Å². The van der Waals surface area contributed by atoms with E-state index in [1.165, 1.54) is 0 Å². The summed E-state index contributed by atoms with van der Waals surface area (Å²) in [5.74, 6) is 1.96. The molecule has 0 spiro atoms. The minimum absolute atomic E-state index is 0.163. The smallest absolute Gasteiger partial charge is 0.247 e. The lowest BCUT2D eigenvalue weighted by molar-refractivity contribution is 0.126. The zero-order valence-corrected chi connectivity index (χ0v) is 14.6. The fourth-order valence-electron chi connectivity index (χ4n) is 3.20. The van der Waals surface area contributed by atoms with Crippen molar-refractivity contribution in [3.8, 4) is 5.88 Å². The van der Waals surface area contributed by atoms with Gasteiger partial charge in [-0.25, -0.2) is 4.98 Å². The van der Waals surface area contributed by atoms with Gasteiger partial charge in [0.2, 0.25) is 11.8 Å². The SMILES string of the molecule is COc1ccc(Nc2nc3cccc(NC4CCC(O)CC4)n3n2)cn1. The van der Waals surface area contributed by atoms with E-state index < -0.39 is 0 Å². The van der Waals surface area contributed by atoms with Crippen LogP contribution in [0.2, 0.25) is 0 Å². The second-order valence-corrected chi connectivity index (χ2v) is 6.48. The Morgan fingerprint density at radius 2 is 2.00 bits per heavy atom. The first-order valence-corrected chi connectivity index (χ1v) is 8.79. The summed E-state index contributed by atoms with van der Waals surface area (Å²) in [4.78, 5) is 8.69. The summed E-state index contributed by atoms with van der Waals surface area (Å²) in [7, 11) is 1.58. The molecule has 0 saturated heterocycles. The van der Waals surface area contributed by atoms with Crippen LogP contribution in [0.4, 0.5) is 17.5 Å². The molecular weight excluding hydrogens is 332 g/mol. The Balaban J connectivity index is 1.52. The molecule has 0 unspecified atom stereocenters. The van der Waals surface area contributed by atoms with E-state index in [1.807, 2.05) is 24.3 Å². The van der Waals surface area contributed by atoms with E-state index in [-0.39, 0.29) is 6.10 Å². The van der Waals surface area contributed by atoms with Crippen LogP contribution in [0, 0.1) is 0 Å². The van der Waals surface area contributed by atoms with Crippen LogP contribution < -0.4 is 15.4 Å². The quantitative estimate of drug-likeness (QED) is 0.648. The van der Waals surface area contributed by atoms with Crippen LogP contribution in [0.1, 0.15) is 25.7 Å². The summed E-state index contributed by atoms with van der Waals surface area (Å²) in [5.41, 5.74) is 1.55. The third-order valence-electron chi connectivity index (χ3n) is 4.61. The number of hydrogen-bond acceptors (Lipinski definition) is 7.